The van der Waals surface area contributed by atoms with E-state index in [9.17, 15) is 9.90 Å². The molecule has 3 fully saturated rings. The molecule has 0 aromatic carbocycles. The van der Waals surface area contributed by atoms with E-state index in [0.29, 0.717) is 16.6 Å². The molecule has 9 unspecified atom stereocenters. The Morgan fingerprint density at radius 1 is 1.00 bits per heavy atom. The van der Waals surface area contributed by atoms with Crippen LogP contribution in [-0.4, -0.2) is 35.7 Å². The molecule has 0 spiro atoms. The van der Waals surface area contributed by atoms with Gasteiger partial charge >= 0.3 is 5.97 Å². The van der Waals surface area contributed by atoms with Crippen molar-refractivity contribution in [1.82, 2.24) is 0 Å². The van der Waals surface area contributed by atoms with Crippen LogP contribution in [0.5, 0.6) is 0 Å². The maximum absolute atomic E-state index is 11.8. The molecule has 0 bridgehead atoms. The Kier molecular flexibility index (Phi) is 9.09. The lowest BCUT2D eigenvalue weighted by Gasteiger charge is -2.58. The zero-order valence-corrected chi connectivity index (χ0v) is 27.0. The van der Waals surface area contributed by atoms with Gasteiger partial charge in [-0.25, -0.2) is 4.79 Å². The van der Waals surface area contributed by atoms with Crippen LogP contribution in [-0.2, 0) is 19.0 Å². The third-order valence-corrected chi connectivity index (χ3v) is 12.2. The number of rotatable bonds is 10. The fourth-order valence-corrected chi connectivity index (χ4v) is 10.2. The van der Waals surface area contributed by atoms with Crippen LogP contribution in [0.2, 0.25) is 0 Å². The molecule has 5 aliphatic rings. The number of carbonyl (C=O) groups is 1. The summed E-state index contributed by atoms with van der Waals surface area (Å²) < 4.78 is 17.1. The second-order valence-corrected chi connectivity index (χ2v) is 15.9. The predicted octanol–water partition coefficient (Wildman–Crippen LogP) is 8.36. The number of fused-ring (bicyclic) bond motifs is 5. The van der Waals surface area contributed by atoms with Crippen LogP contribution in [0.4, 0.5) is 0 Å². The monoisotopic (exact) mass is 570 g/mol. The first-order valence-electron chi connectivity index (χ1n) is 16.9. The number of cyclic esters (lactones) is 1. The van der Waals surface area contributed by atoms with Gasteiger partial charge in [-0.1, -0.05) is 65.5 Å². The van der Waals surface area contributed by atoms with Crippen LogP contribution < -0.4 is 0 Å². The third-order valence-electron chi connectivity index (χ3n) is 12.2. The molecule has 0 saturated heterocycles. The Labute approximate surface area is 249 Å². The molecule has 41 heavy (non-hydrogen) atoms. The number of esters is 1. The molecule has 0 radical (unpaired) electrons. The topological polar surface area (TPSA) is 65.0 Å². The maximum atomic E-state index is 11.8. The Bertz CT molecular complexity index is 1010. The predicted molar refractivity (Wildman–Crippen MR) is 163 cm³/mol. The number of hydrogen-bond acceptors (Lipinski definition) is 5. The van der Waals surface area contributed by atoms with Gasteiger partial charge in [-0.3, -0.25) is 0 Å². The molecule has 5 nitrogen and oxygen atoms in total. The first kappa shape index (κ1) is 31.1. The Morgan fingerprint density at radius 2 is 1.78 bits per heavy atom. The summed E-state index contributed by atoms with van der Waals surface area (Å²) in [4.78, 5) is 11.8. The van der Waals surface area contributed by atoms with Gasteiger partial charge in [0.05, 0.1) is 24.9 Å². The number of hydrogen-bond donors (Lipinski definition) is 1. The Hall–Kier alpha value is -1.33. The smallest absolute Gasteiger partial charge is 0.337 e. The van der Waals surface area contributed by atoms with Gasteiger partial charge < -0.3 is 19.3 Å². The first-order chi connectivity index (χ1) is 19.3. The van der Waals surface area contributed by atoms with Crippen LogP contribution in [0.15, 0.2) is 23.5 Å². The second kappa shape index (κ2) is 12.0. The lowest BCUT2D eigenvalue weighted by atomic mass is 9.47. The van der Waals surface area contributed by atoms with Crippen molar-refractivity contribution in [2.24, 2.45) is 46.3 Å². The highest BCUT2D eigenvalue weighted by molar-refractivity contribution is 5.83. The minimum Gasteiger partial charge on any atom is -0.457 e. The molecular weight excluding hydrogens is 512 g/mol. The normalized spacial score (nSPS) is 39.4. The number of aliphatic hydroxyl groups excluding tert-OH is 1. The van der Waals surface area contributed by atoms with Crippen molar-refractivity contribution in [2.45, 2.75) is 144 Å². The molecule has 9 atom stereocenters. The van der Waals surface area contributed by atoms with Gasteiger partial charge in [0.2, 0.25) is 5.79 Å². The van der Waals surface area contributed by atoms with Gasteiger partial charge in [0.25, 0.3) is 0 Å². The zero-order chi connectivity index (χ0) is 29.6. The van der Waals surface area contributed by atoms with E-state index >= 15 is 0 Å². The Morgan fingerprint density at radius 3 is 2.51 bits per heavy atom. The van der Waals surface area contributed by atoms with E-state index in [1.807, 2.05) is 0 Å². The van der Waals surface area contributed by atoms with Crippen LogP contribution >= 0.6 is 0 Å². The van der Waals surface area contributed by atoms with Crippen molar-refractivity contribution in [3.8, 4) is 0 Å². The quantitative estimate of drug-likeness (QED) is 0.211. The second-order valence-electron chi connectivity index (χ2n) is 15.9. The van der Waals surface area contributed by atoms with Gasteiger partial charge in [-0.2, -0.15) is 0 Å². The van der Waals surface area contributed by atoms with Gasteiger partial charge in [0, 0.05) is 20.3 Å². The minimum atomic E-state index is -0.997. The van der Waals surface area contributed by atoms with Gasteiger partial charge in [-0.15, -0.1) is 0 Å². The van der Waals surface area contributed by atoms with Gasteiger partial charge in [0.1, 0.15) is 5.76 Å². The molecule has 0 aromatic heterocycles. The summed E-state index contributed by atoms with van der Waals surface area (Å²) in [5.74, 6) is 4.15. The molecule has 1 aliphatic heterocycles. The van der Waals surface area contributed by atoms with Crippen LogP contribution in [0.1, 0.15) is 126 Å². The van der Waals surface area contributed by atoms with E-state index in [2.05, 4.69) is 40.7 Å². The highest BCUT2D eigenvalue weighted by Crippen LogP contribution is 2.67. The molecule has 1 N–H and O–H groups in total. The summed E-state index contributed by atoms with van der Waals surface area (Å²) in [6.45, 7) is 16.2. The summed E-state index contributed by atoms with van der Waals surface area (Å²) in [6, 6.07) is 0. The minimum absolute atomic E-state index is 0.152. The SMILES string of the molecule is CC(C)CCCC(C)C1CCC2C3CC=C4CC(OCC(O)CC5=CC(=O)OC(C)(C)O5)CCC4(C)C3CCC12C. The highest BCUT2D eigenvalue weighted by Gasteiger charge is 2.59. The van der Waals surface area contributed by atoms with Crippen LogP contribution in [0, 0.1) is 46.3 Å². The van der Waals surface area contributed by atoms with E-state index in [1.54, 1.807) is 19.4 Å². The number of allylic oxidation sites excluding steroid dienone is 1. The van der Waals surface area contributed by atoms with Crippen molar-refractivity contribution >= 4 is 5.97 Å². The molecule has 3 saturated carbocycles. The lowest BCUT2D eigenvalue weighted by molar-refractivity contribution is -0.207. The Balaban J connectivity index is 1.16. The number of ether oxygens (including phenoxy) is 3. The summed E-state index contributed by atoms with van der Waals surface area (Å²) in [7, 11) is 0. The van der Waals surface area contributed by atoms with Crippen molar-refractivity contribution in [2.75, 3.05) is 6.61 Å². The van der Waals surface area contributed by atoms with E-state index in [4.69, 9.17) is 14.2 Å². The van der Waals surface area contributed by atoms with Crippen molar-refractivity contribution in [3.63, 3.8) is 0 Å². The fourth-order valence-electron chi connectivity index (χ4n) is 10.2. The van der Waals surface area contributed by atoms with Crippen LogP contribution in [0.3, 0.4) is 0 Å². The average Bonchev–Trinajstić information content (AvgIpc) is 3.23. The van der Waals surface area contributed by atoms with Crippen molar-refractivity contribution < 1.29 is 24.1 Å². The van der Waals surface area contributed by atoms with Gasteiger partial charge in [-0.05, 0) is 97.7 Å². The molecule has 0 aromatic rings. The largest absolute Gasteiger partial charge is 0.457 e. The standard InChI is InChI=1S/C36H58O5/c1-23(2)9-8-10-24(3)30-13-14-31-29-12-11-25-19-27(15-17-35(25,6)32(29)16-18-36(30,31)7)39-22-26(37)20-28-21-33(38)41-34(4,5)40-28/h11,21,23-24,26-27,29-32,37H,8-10,12-20,22H2,1-7H3. The summed E-state index contributed by atoms with van der Waals surface area (Å²) in [6.07, 6.45) is 18.0. The van der Waals surface area contributed by atoms with Crippen LogP contribution in [0.25, 0.3) is 0 Å². The molecular formula is C36H58O5. The number of carbonyl (C=O) groups excluding carboxylic acids is 1. The van der Waals surface area contributed by atoms with E-state index < -0.39 is 17.9 Å². The summed E-state index contributed by atoms with van der Waals surface area (Å²) >= 11 is 0. The van der Waals surface area contributed by atoms with E-state index in [-0.39, 0.29) is 19.1 Å². The van der Waals surface area contributed by atoms with E-state index in [1.165, 1.54) is 63.9 Å². The maximum Gasteiger partial charge on any atom is 0.337 e. The van der Waals surface area contributed by atoms with E-state index in [0.717, 1.165) is 48.3 Å². The third kappa shape index (κ3) is 6.47. The first-order valence-corrected chi connectivity index (χ1v) is 16.9. The zero-order valence-electron chi connectivity index (χ0n) is 27.0. The average molecular weight is 571 g/mol. The highest BCUT2D eigenvalue weighted by atomic mass is 16.7. The molecule has 0 amide bonds. The van der Waals surface area contributed by atoms with Crippen molar-refractivity contribution in [1.29, 1.82) is 0 Å². The molecule has 4 aliphatic carbocycles. The van der Waals surface area contributed by atoms with Crippen molar-refractivity contribution in [3.05, 3.63) is 23.5 Å². The molecule has 1 heterocycles. The van der Waals surface area contributed by atoms with Gasteiger partial charge in [0.15, 0.2) is 0 Å². The summed E-state index contributed by atoms with van der Waals surface area (Å²) in [5.41, 5.74) is 2.45. The number of aliphatic hydroxyl groups is 1. The fraction of sp³-hybridized carbons (Fsp3) is 0.861. The molecule has 5 rings (SSSR count). The summed E-state index contributed by atoms with van der Waals surface area (Å²) in [5, 5.41) is 10.7. The molecule has 5 heteroatoms. The molecule has 232 valence electrons. The lowest BCUT2D eigenvalue weighted by Crippen LogP contribution is -2.51.